The van der Waals surface area contributed by atoms with Gasteiger partial charge in [0.2, 0.25) is 12.0 Å². The Morgan fingerprint density at radius 2 is 1.33 bits per heavy atom. The summed E-state index contributed by atoms with van der Waals surface area (Å²) in [6.45, 7) is 0.327. The van der Waals surface area contributed by atoms with Crippen LogP contribution in [0.15, 0.2) is 30.3 Å². The number of hydrogen-bond donors (Lipinski definition) is 5. The maximum atomic E-state index is 10.4. The fraction of sp³-hybridized carbons (Fsp3) is 0.556. The van der Waals surface area contributed by atoms with Gasteiger partial charge in [0.1, 0.15) is 24.4 Å². The molecule has 214 valence electrons. The van der Waals surface area contributed by atoms with E-state index < -0.39 is 37.3 Å². The fourth-order valence-corrected chi connectivity index (χ4v) is 5.57. The first kappa shape index (κ1) is 27.7. The van der Waals surface area contributed by atoms with Crippen molar-refractivity contribution in [2.45, 2.75) is 42.9 Å². The normalized spacial score (nSPS) is 34.0. The van der Waals surface area contributed by atoms with Gasteiger partial charge in [0, 0.05) is 11.8 Å². The van der Waals surface area contributed by atoms with Crippen molar-refractivity contribution < 1.29 is 58.7 Å². The van der Waals surface area contributed by atoms with Crippen molar-refractivity contribution in [3.63, 3.8) is 0 Å². The van der Waals surface area contributed by atoms with Crippen molar-refractivity contribution in [3.8, 4) is 28.7 Å². The number of phenols is 1. The summed E-state index contributed by atoms with van der Waals surface area (Å²) in [5.74, 6) is 1.17. The largest absolute Gasteiger partial charge is 0.504 e. The lowest BCUT2D eigenvalue weighted by Crippen LogP contribution is -2.60. The molecular formula is C27H34O12. The Hall–Kier alpha value is -2.84. The van der Waals surface area contributed by atoms with Crippen molar-refractivity contribution in [1.29, 1.82) is 0 Å². The van der Waals surface area contributed by atoms with Gasteiger partial charge >= 0.3 is 0 Å². The molecule has 2 aromatic rings. The summed E-state index contributed by atoms with van der Waals surface area (Å²) in [5, 5.41) is 50.1. The molecule has 2 aromatic carbocycles. The van der Waals surface area contributed by atoms with Gasteiger partial charge in [-0.2, -0.15) is 0 Å². The third kappa shape index (κ3) is 4.97. The highest BCUT2D eigenvalue weighted by molar-refractivity contribution is 5.55. The molecule has 3 aliphatic heterocycles. The molecule has 12 heteroatoms. The van der Waals surface area contributed by atoms with E-state index in [1.807, 2.05) is 6.07 Å². The number of rotatable bonds is 8. The molecule has 0 saturated carbocycles. The number of fused-ring (bicyclic) bond motifs is 1. The van der Waals surface area contributed by atoms with Crippen molar-refractivity contribution in [2.24, 2.45) is 11.8 Å². The van der Waals surface area contributed by atoms with Crippen LogP contribution in [0.4, 0.5) is 0 Å². The van der Waals surface area contributed by atoms with Crippen molar-refractivity contribution in [3.05, 3.63) is 41.5 Å². The van der Waals surface area contributed by atoms with Crippen LogP contribution in [0, 0.1) is 11.8 Å². The van der Waals surface area contributed by atoms with Gasteiger partial charge in [-0.25, -0.2) is 0 Å². The third-order valence-corrected chi connectivity index (χ3v) is 7.69. The molecule has 0 bridgehead atoms. The van der Waals surface area contributed by atoms with Crippen LogP contribution in [-0.4, -0.2) is 97.4 Å². The van der Waals surface area contributed by atoms with Gasteiger partial charge < -0.3 is 58.7 Å². The molecule has 5 N–H and O–H groups in total. The number of hydrogen-bond acceptors (Lipinski definition) is 12. The van der Waals surface area contributed by atoms with Gasteiger partial charge in [0.15, 0.2) is 23.0 Å². The zero-order chi connectivity index (χ0) is 27.8. The van der Waals surface area contributed by atoms with Crippen LogP contribution < -0.4 is 18.9 Å². The molecule has 5 rings (SSSR count). The van der Waals surface area contributed by atoms with E-state index in [0.717, 1.165) is 11.1 Å². The van der Waals surface area contributed by atoms with E-state index in [1.54, 1.807) is 24.3 Å². The van der Waals surface area contributed by atoms with E-state index in [2.05, 4.69) is 0 Å². The van der Waals surface area contributed by atoms with Gasteiger partial charge in [-0.05, 0) is 35.4 Å². The second kappa shape index (κ2) is 11.3. The zero-order valence-corrected chi connectivity index (χ0v) is 21.8. The first-order valence-electron chi connectivity index (χ1n) is 12.6. The highest BCUT2D eigenvalue weighted by Crippen LogP contribution is 2.53. The number of methoxy groups -OCH3 is 3. The third-order valence-electron chi connectivity index (χ3n) is 7.69. The Balaban J connectivity index is 1.38. The Morgan fingerprint density at radius 3 is 1.90 bits per heavy atom. The minimum atomic E-state index is -1.60. The second-order valence-electron chi connectivity index (χ2n) is 9.84. The molecule has 0 aliphatic carbocycles. The summed E-state index contributed by atoms with van der Waals surface area (Å²) >= 11 is 0. The molecule has 3 heterocycles. The lowest BCUT2D eigenvalue weighted by molar-refractivity contribution is -0.277. The van der Waals surface area contributed by atoms with E-state index >= 15 is 0 Å². The number of aliphatic hydroxyl groups is 4. The Kier molecular flexibility index (Phi) is 8.06. The molecule has 3 saturated heterocycles. The molecule has 0 unspecified atom stereocenters. The molecule has 9 atom stereocenters. The summed E-state index contributed by atoms with van der Waals surface area (Å²) < 4.78 is 40.2. The van der Waals surface area contributed by atoms with Crippen molar-refractivity contribution in [1.82, 2.24) is 0 Å². The van der Waals surface area contributed by atoms with Gasteiger partial charge in [-0.1, -0.05) is 6.07 Å². The van der Waals surface area contributed by atoms with Crippen LogP contribution in [0.1, 0.15) is 23.3 Å². The molecule has 0 aromatic heterocycles. The minimum absolute atomic E-state index is 0.0291. The van der Waals surface area contributed by atoms with E-state index in [0.29, 0.717) is 19.0 Å². The van der Waals surface area contributed by atoms with Gasteiger partial charge in [-0.3, -0.25) is 0 Å². The molecule has 3 aliphatic rings. The molecule has 39 heavy (non-hydrogen) atoms. The molecule has 12 nitrogen and oxygen atoms in total. The molecule has 0 spiro atoms. The predicted molar refractivity (Wildman–Crippen MR) is 133 cm³/mol. The van der Waals surface area contributed by atoms with E-state index in [9.17, 15) is 25.5 Å². The monoisotopic (exact) mass is 550 g/mol. The van der Waals surface area contributed by atoms with Crippen LogP contribution in [-0.2, 0) is 14.2 Å². The highest BCUT2D eigenvalue weighted by Gasteiger charge is 2.49. The first-order valence-corrected chi connectivity index (χ1v) is 12.6. The van der Waals surface area contributed by atoms with Gasteiger partial charge in [-0.15, -0.1) is 0 Å². The van der Waals surface area contributed by atoms with Crippen molar-refractivity contribution >= 4 is 0 Å². The van der Waals surface area contributed by atoms with Gasteiger partial charge in [0.05, 0.1) is 53.4 Å². The van der Waals surface area contributed by atoms with Gasteiger partial charge in [0.25, 0.3) is 0 Å². The quantitative estimate of drug-likeness (QED) is 0.312. The van der Waals surface area contributed by atoms with E-state index in [-0.39, 0.29) is 47.0 Å². The fourth-order valence-electron chi connectivity index (χ4n) is 5.57. The standard InChI is InChI=1S/C27H34O12/c1-33-17-6-12(4-5-16(17)29)24-14-10-37-25(15(14)11-36-24)13-7-18(34-2)26(19(8-13)35-3)39-27-23(32)22(31)21(30)20(9-28)38-27/h4-8,14-15,20-25,27-32H,9-11H2,1-3H3/t14-,15-,20-,21-,22+,23-,24+,25+,27+/m1/s1. The minimum Gasteiger partial charge on any atom is -0.504 e. The topological polar surface area (TPSA) is 166 Å². The van der Waals surface area contributed by atoms with Crippen molar-refractivity contribution in [2.75, 3.05) is 41.2 Å². The predicted octanol–water partition coefficient (Wildman–Crippen LogP) is 0.672. The van der Waals surface area contributed by atoms with Crippen LogP contribution in [0.2, 0.25) is 0 Å². The Labute approximate surface area is 225 Å². The summed E-state index contributed by atoms with van der Waals surface area (Å²) in [5.41, 5.74) is 1.66. The SMILES string of the molecule is COc1cc([C@@H]2OC[C@@H]3[C@H]2CO[C@H]3c2cc(OC)c(O[C@@H]3O[C@H](CO)[C@@H](O)[C@H](O)[C@H]3O)c(OC)c2)ccc1O. The maximum Gasteiger partial charge on any atom is 0.229 e. The summed E-state index contributed by atoms with van der Waals surface area (Å²) in [4.78, 5) is 0. The summed E-state index contributed by atoms with van der Waals surface area (Å²) in [6.07, 6.45) is -7.80. The highest BCUT2D eigenvalue weighted by atomic mass is 16.7. The maximum absolute atomic E-state index is 10.4. The van der Waals surface area contributed by atoms with Crippen LogP contribution in [0.25, 0.3) is 0 Å². The first-order chi connectivity index (χ1) is 18.8. The Bertz CT molecular complexity index is 1130. The lowest BCUT2D eigenvalue weighted by atomic mass is 9.84. The lowest BCUT2D eigenvalue weighted by Gasteiger charge is -2.39. The molecule has 3 fully saturated rings. The number of benzene rings is 2. The summed E-state index contributed by atoms with van der Waals surface area (Å²) in [6, 6.07) is 8.65. The smallest absolute Gasteiger partial charge is 0.229 e. The average Bonchev–Trinajstić information content (AvgIpc) is 3.56. The Morgan fingerprint density at radius 1 is 0.769 bits per heavy atom. The number of phenolic OH excluding ortho intramolecular Hbond substituents is 1. The van der Waals surface area contributed by atoms with Crippen LogP contribution >= 0.6 is 0 Å². The van der Waals surface area contributed by atoms with Crippen LogP contribution in [0.5, 0.6) is 28.7 Å². The van der Waals surface area contributed by atoms with E-state index in [4.69, 9.17) is 33.2 Å². The second-order valence-corrected chi connectivity index (χ2v) is 9.84. The molecule has 0 amide bonds. The van der Waals surface area contributed by atoms with E-state index in [1.165, 1.54) is 21.3 Å². The average molecular weight is 551 g/mol. The zero-order valence-electron chi connectivity index (χ0n) is 21.8. The molecular weight excluding hydrogens is 516 g/mol. The summed E-state index contributed by atoms with van der Waals surface area (Å²) in [7, 11) is 4.39. The number of ether oxygens (including phenoxy) is 7. The molecule has 0 radical (unpaired) electrons. The number of aromatic hydroxyl groups is 1. The van der Waals surface area contributed by atoms with Crippen LogP contribution in [0.3, 0.4) is 0 Å². The number of aliphatic hydroxyl groups excluding tert-OH is 4.